The highest BCUT2D eigenvalue weighted by molar-refractivity contribution is 7.92. The molecule has 0 spiro atoms. The van der Waals surface area contributed by atoms with Crippen molar-refractivity contribution in [2.24, 2.45) is 0 Å². The highest BCUT2D eigenvalue weighted by Crippen LogP contribution is 2.24. The first-order valence-electron chi connectivity index (χ1n) is 7.80. The molecule has 0 aromatic carbocycles. The number of alkyl halides is 2. The zero-order valence-electron chi connectivity index (χ0n) is 14.4. The molecule has 3 aromatic rings. The molecule has 0 aliphatic carbocycles. The van der Waals surface area contributed by atoms with Gasteiger partial charge >= 0.3 is 0 Å². The molecule has 0 fully saturated rings. The van der Waals surface area contributed by atoms with Gasteiger partial charge in [0.1, 0.15) is 10.6 Å². The fourth-order valence-electron chi connectivity index (χ4n) is 2.35. The van der Waals surface area contributed by atoms with Crippen LogP contribution in [0.25, 0.3) is 11.4 Å². The summed E-state index contributed by atoms with van der Waals surface area (Å²) in [5.41, 5.74) is 0.150. The molecule has 0 radical (unpaired) electrons. The smallest absolute Gasteiger partial charge is 0.265 e. The quantitative estimate of drug-likeness (QED) is 0.616. The maximum absolute atomic E-state index is 13.8. The van der Waals surface area contributed by atoms with E-state index in [0.717, 1.165) is 12.4 Å². The minimum absolute atomic E-state index is 0.0370. The summed E-state index contributed by atoms with van der Waals surface area (Å²) >= 11 is 0. The number of nitrogens with zero attached hydrogens (tertiary/aromatic N) is 3. The van der Waals surface area contributed by atoms with Crippen LogP contribution in [-0.4, -0.2) is 41.9 Å². The largest absolute Gasteiger partial charge is 0.481 e. The number of hydrogen-bond acceptors (Lipinski definition) is 6. The number of halogens is 3. The summed E-state index contributed by atoms with van der Waals surface area (Å²) in [5, 5.41) is 0. The Morgan fingerprint density at radius 1 is 1.32 bits per heavy atom. The van der Waals surface area contributed by atoms with Gasteiger partial charge in [-0.3, -0.25) is 4.98 Å². The molecular weight excluding hydrogens is 399 g/mol. The van der Waals surface area contributed by atoms with Crippen LogP contribution in [0.3, 0.4) is 0 Å². The lowest BCUT2D eigenvalue weighted by Crippen LogP contribution is -2.15. The Bertz CT molecular complexity index is 1090. The van der Waals surface area contributed by atoms with E-state index in [-0.39, 0.29) is 33.7 Å². The summed E-state index contributed by atoms with van der Waals surface area (Å²) in [6, 6.07) is 3.79. The van der Waals surface area contributed by atoms with Gasteiger partial charge in [0, 0.05) is 30.6 Å². The number of H-pyrrole nitrogens is 1. The van der Waals surface area contributed by atoms with E-state index in [1.807, 2.05) is 0 Å². The number of ether oxygens (including phenoxy) is 1. The molecule has 0 unspecified atom stereocenters. The molecule has 0 bridgehead atoms. The lowest BCUT2D eigenvalue weighted by molar-refractivity contribution is 0.147. The molecule has 3 aromatic heterocycles. The van der Waals surface area contributed by atoms with Gasteiger partial charge in [0.15, 0.2) is 5.82 Å². The Morgan fingerprint density at radius 2 is 2.11 bits per heavy atom. The van der Waals surface area contributed by atoms with E-state index in [2.05, 4.69) is 24.7 Å². The number of hydrogen-bond donors (Lipinski definition) is 2. The van der Waals surface area contributed by atoms with Crippen LogP contribution in [0.5, 0.6) is 5.88 Å². The first kappa shape index (κ1) is 19.6. The molecule has 12 heteroatoms. The zero-order valence-corrected chi connectivity index (χ0v) is 15.2. The van der Waals surface area contributed by atoms with Gasteiger partial charge in [0.2, 0.25) is 18.3 Å². The van der Waals surface area contributed by atoms with Crippen LogP contribution in [0, 0.1) is 5.82 Å². The lowest BCUT2D eigenvalue weighted by Gasteiger charge is -2.09. The van der Waals surface area contributed by atoms with E-state index < -0.39 is 28.7 Å². The fourth-order valence-corrected chi connectivity index (χ4v) is 3.30. The van der Waals surface area contributed by atoms with Gasteiger partial charge in [0.05, 0.1) is 12.8 Å². The first-order chi connectivity index (χ1) is 13.3. The second kappa shape index (κ2) is 7.84. The van der Waals surface area contributed by atoms with Gasteiger partial charge in [-0.1, -0.05) is 0 Å². The maximum Gasteiger partial charge on any atom is 0.265 e. The summed E-state index contributed by atoms with van der Waals surface area (Å²) in [6.45, 7) is 0. The van der Waals surface area contributed by atoms with Crippen molar-refractivity contribution in [2.75, 3.05) is 11.8 Å². The summed E-state index contributed by atoms with van der Waals surface area (Å²) in [5.74, 6) is -1.15. The van der Waals surface area contributed by atoms with Crippen molar-refractivity contribution in [2.45, 2.75) is 17.7 Å². The second-order valence-corrected chi connectivity index (χ2v) is 7.19. The summed E-state index contributed by atoms with van der Waals surface area (Å²) < 4.78 is 70.9. The third kappa shape index (κ3) is 4.22. The first-order valence-corrected chi connectivity index (χ1v) is 9.28. The molecule has 3 heterocycles. The van der Waals surface area contributed by atoms with Crippen molar-refractivity contribution in [1.82, 2.24) is 19.9 Å². The Kier molecular flexibility index (Phi) is 5.49. The van der Waals surface area contributed by atoms with Crippen LogP contribution in [0.2, 0.25) is 0 Å². The third-order valence-corrected chi connectivity index (χ3v) is 4.91. The molecule has 0 atom stereocenters. The number of anilines is 1. The molecule has 0 amide bonds. The van der Waals surface area contributed by atoms with Crippen LogP contribution in [0.1, 0.15) is 5.56 Å². The Balaban J connectivity index is 1.86. The average Bonchev–Trinajstić information content (AvgIpc) is 3.13. The van der Waals surface area contributed by atoms with Crippen LogP contribution in [0.15, 0.2) is 41.7 Å². The third-order valence-electron chi connectivity index (χ3n) is 3.60. The van der Waals surface area contributed by atoms with Crippen LogP contribution < -0.4 is 9.46 Å². The van der Waals surface area contributed by atoms with Gasteiger partial charge in [-0.15, -0.1) is 0 Å². The standard InChI is InChI=1S/C16H14F3N5O3S/c1-27-15-9(5-13(18)19)7-22-16(23-15)24-28(25,26)10-6-12(21-8-10)14-11(17)3-2-4-20-14/h2-4,6-8,13,21H,5H2,1H3,(H,22,23,24). The van der Waals surface area contributed by atoms with E-state index in [1.165, 1.54) is 31.5 Å². The van der Waals surface area contributed by atoms with Gasteiger partial charge in [-0.05, 0) is 18.2 Å². The molecule has 148 valence electrons. The number of methoxy groups -OCH3 is 1. The van der Waals surface area contributed by atoms with E-state index in [1.54, 1.807) is 0 Å². The predicted molar refractivity (Wildman–Crippen MR) is 93.1 cm³/mol. The van der Waals surface area contributed by atoms with Gasteiger partial charge in [-0.25, -0.2) is 31.3 Å². The monoisotopic (exact) mass is 413 g/mol. The van der Waals surface area contributed by atoms with Crippen molar-refractivity contribution in [3.8, 4) is 17.3 Å². The lowest BCUT2D eigenvalue weighted by atomic mass is 10.2. The number of sulfonamides is 1. The highest BCUT2D eigenvalue weighted by atomic mass is 32.2. The SMILES string of the molecule is COc1nc(NS(=O)(=O)c2c[nH]c(-c3ncccc3F)c2)ncc1CC(F)F. The van der Waals surface area contributed by atoms with E-state index in [9.17, 15) is 21.6 Å². The Morgan fingerprint density at radius 3 is 2.79 bits per heavy atom. The number of pyridine rings is 1. The molecule has 0 aliphatic heterocycles. The number of aromatic nitrogens is 4. The Labute approximate surface area is 157 Å². The molecular formula is C16H14F3N5O3S. The predicted octanol–water partition coefficient (Wildman–Crippen LogP) is 2.62. The van der Waals surface area contributed by atoms with Gasteiger partial charge in [0.25, 0.3) is 10.0 Å². The van der Waals surface area contributed by atoms with Crippen LogP contribution >= 0.6 is 0 Å². The zero-order chi connectivity index (χ0) is 20.3. The highest BCUT2D eigenvalue weighted by Gasteiger charge is 2.21. The topological polar surface area (TPSA) is 110 Å². The van der Waals surface area contributed by atoms with Gasteiger partial charge < -0.3 is 9.72 Å². The van der Waals surface area contributed by atoms with Crippen LogP contribution in [0.4, 0.5) is 19.1 Å². The molecule has 0 saturated heterocycles. The summed E-state index contributed by atoms with van der Waals surface area (Å²) in [4.78, 5) is 13.8. The van der Waals surface area contributed by atoms with Crippen LogP contribution in [-0.2, 0) is 16.4 Å². The second-order valence-electron chi connectivity index (χ2n) is 5.51. The van der Waals surface area contributed by atoms with Crippen molar-refractivity contribution < 1.29 is 26.3 Å². The normalized spacial score (nSPS) is 11.6. The molecule has 0 saturated carbocycles. The van der Waals surface area contributed by atoms with E-state index >= 15 is 0 Å². The maximum atomic E-state index is 13.8. The number of nitrogens with one attached hydrogen (secondary N) is 2. The van der Waals surface area contributed by atoms with E-state index in [4.69, 9.17) is 4.74 Å². The number of aromatic amines is 1. The molecule has 8 nitrogen and oxygen atoms in total. The molecule has 2 N–H and O–H groups in total. The van der Waals surface area contributed by atoms with Crippen molar-refractivity contribution in [3.63, 3.8) is 0 Å². The fraction of sp³-hybridized carbons (Fsp3) is 0.188. The summed E-state index contributed by atoms with van der Waals surface area (Å²) in [6.07, 6.45) is 0.306. The van der Waals surface area contributed by atoms with Crippen molar-refractivity contribution in [1.29, 1.82) is 0 Å². The van der Waals surface area contributed by atoms with Crippen molar-refractivity contribution in [3.05, 3.63) is 48.2 Å². The molecule has 3 rings (SSSR count). The minimum atomic E-state index is -4.13. The summed E-state index contributed by atoms with van der Waals surface area (Å²) in [7, 11) is -2.92. The molecule has 28 heavy (non-hydrogen) atoms. The number of rotatable bonds is 7. The molecule has 0 aliphatic rings. The van der Waals surface area contributed by atoms with Crippen molar-refractivity contribution >= 4 is 16.0 Å². The van der Waals surface area contributed by atoms with E-state index in [0.29, 0.717) is 0 Å². The average molecular weight is 413 g/mol. The minimum Gasteiger partial charge on any atom is -0.481 e. The van der Waals surface area contributed by atoms with Gasteiger partial charge in [-0.2, -0.15) is 4.98 Å². The Hall–Kier alpha value is -3.15.